The first-order chi connectivity index (χ1) is 15.0. The van der Waals surface area contributed by atoms with Crippen molar-refractivity contribution in [2.24, 2.45) is 0 Å². The number of carbonyl (C=O) groups excluding carboxylic acids is 1. The number of hydrogen-bond acceptors (Lipinski definition) is 3. The van der Waals surface area contributed by atoms with Gasteiger partial charge < -0.3 is 14.2 Å². The van der Waals surface area contributed by atoms with Crippen LogP contribution in [0.5, 0.6) is 5.75 Å². The molecule has 2 heterocycles. The van der Waals surface area contributed by atoms with E-state index in [1.165, 1.54) is 6.07 Å². The van der Waals surface area contributed by atoms with E-state index in [0.717, 1.165) is 28.9 Å². The highest BCUT2D eigenvalue weighted by molar-refractivity contribution is 5.98. The molecular formula is C25H26FN3O2. The fourth-order valence-corrected chi connectivity index (χ4v) is 4.07. The molecule has 1 atom stereocenters. The van der Waals surface area contributed by atoms with Crippen molar-refractivity contribution >= 4 is 12.0 Å². The fraction of sp³-hybridized carbons (Fsp3) is 0.280. The summed E-state index contributed by atoms with van der Waals surface area (Å²) in [5.41, 5.74) is 3.96. The van der Waals surface area contributed by atoms with Crippen LogP contribution < -0.4 is 4.74 Å². The number of benzene rings is 2. The lowest BCUT2D eigenvalue weighted by Crippen LogP contribution is -2.39. The highest BCUT2D eigenvalue weighted by atomic mass is 19.1. The molecule has 0 aliphatic carbocycles. The van der Waals surface area contributed by atoms with Crippen molar-refractivity contribution in [2.75, 3.05) is 13.7 Å². The third-order valence-corrected chi connectivity index (χ3v) is 5.74. The standard InChI is InChI=1S/C25H26FN3O2/c1-17-15-28(16-27-17)23-11-10-19(14-24(23)31-3)13-20-7-6-12-29(25(20)30)18(2)21-8-4-5-9-22(21)26/h4-5,8-11,13-16,18H,6-7,12H2,1-3H3/b20-13+. The van der Waals surface area contributed by atoms with E-state index in [0.29, 0.717) is 24.3 Å². The Morgan fingerprint density at radius 3 is 2.74 bits per heavy atom. The number of hydrogen-bond donors (Lipinski definition) is 0. The van der Waals surface area contributed by atoms with Crippen LogP contribution in [-0.2, 0) is 4.79 Å². The van der Waals surface area contributed by atoms with Gasteiger partial charge in [-0.3, -0.25) is 4.79 Å². The molecule has 0 N–H and O–H groups in total. The number of aryl methyl sites for hydroxylation is 1. The van der Waals surface area contributed by atoms with Crippen LogP contribution in [0.3, 0.4) is 0 Å². The predicted molar refractivity (Wildman–Crippen MR) is 119 cm³/mol. The maximum absolute atomic E-state index is 14.3. The molecule has 1 aliphatic rings. The number of aromatic nitrogens is 2. The summed E-state index contributed by atoms with van der Waals surface area (Å²) in [6.45, 7) is 4.43. The number of nitrogens with zero attached hydrogens (tertiary/aromatic N) is 3. The van der Waals surface area contributed by atoms with E-state index in [2.05, 4.69) is 4.98 Å². The minimum absolute atomic E-state index is 0.0460. The van der Waals surface area contributed by atoms with Gasteiger partial charge in [-0.25, -0.2) is 9.37 Å². The zero-order valence-corrected chi connectivity index (χ0v) is 18.0. The SMILES string of the molecule is COc1cc(/C=C2\CCCN(C(C)c3ccccc3F)C2=O)ccc1-n1cnc(C)c1. The highest BCUT2D eigenvalue weighted by Gasteiger charge is 2.29. The molecule has 31 heavy (non-hydrogen) atoms. The summed E-state index contributed by atoms with van der Waals surface area (Å²) < 4.78 is 21.7. The maximum atomic E-state index is 14.3. The number of likely N-dealkylation sites (tertiary alicyclic amines) is 1. The summed E-state index contributed by atoms with van der Waals surface area (Å²) in [6.07, 6.45) is 7.14. The summed E-state index contributed by atoms with van der Waals surface area (Å²) in [5.74, 6) is 0.371. The molecule has 160 valence electrons. The van der Waals surface area contributed by atoms with E-state index in [1.807, 2.05) is 48.9 Å². The van der Waals surface area contributed by atoms with E-state index in [1.54, 1.807) is 36.5 Å². The smallest absolute Gasteiger partial charge is 0.250 e. The molecule has 2 aromatic carbocycles. The van der Waals surface area contributed by atoms with Crippen molar-refractivity contribution in [1.82, 2.24) is 14.5 Å². The second-order valence-electron chi connectivity index (χ2n) is 7.82. The molecular weight excluding hydrogens is 393 g/mol. The number of halogens is 1. The zero-order valence-electron chi connectivity index (χ0n) is 18.0. The normalized spacial score (nSPS) is 16.6. The van der Waals surface area contributed by atoms with Crippen molar-refractivity contribution < 1.29 is 13.9 Å². The average molecular weight is 420 g/mol. The van der Waals surface area contributed by atoms with E-state index in [9.17, 15) is 9.18 Å². The first-order valence-electron chi connectivity index (χ1n) is 10.4. The van der Waals surface area contributed by atoms with Gasteiger partial charge in [-0.2, -0.15) is 0 Å². The van der Waals surface area contributed by atoms with Gasteiger partial charge in [-0.05, 0) is 56.5 Å². The van der Waals surface area contributed by atoms with Crippen LogP contribution in [-0.4, -0.2) is 34.0 Å². The molecule has 1 aliphatic heterocycles. The van der Waals surface area contributed by atoms with Gasteiger partial charge in [0.25, 0.3) is 0 Å². The molecule has 0 spiro atoms. The van der Waals surface area contributed by atoms with Crippen LogP contribution >= 0.6 is 0 Å². The summed E-state index contributed by atoms with van der Waals surface area (Å²) >= 11 is 0. The fourth-order valence-electron chi connectivity index (χ4n) is 4.07. The first kappa shape index (κ1) is 20.8. The van der Waals surface area contributed by atoms with Crippen LogP contribution in [0, 0.1) is 12.7 Å². The van der Waals surface area contributed by atoms with Gasteiger partial charge in [-0.1, -0.05) is 24.3 Å². The third kappa shape index (κ3) is 4.24. The lowest BCUT2D eigenvalue weighted by Gasteiger charge is -2.34. The van der Waals surface area contributed by atoms with Gasteiger partial charge in [0.15, 0.2) is 0 Å². The molecule has 5 nitrogen and oxygen atoms in total. The van der Waals surface area contributed by atoms with E-state index in [-0.39, 0.29) is 17.8 Å². The van der Waals surface area contributed by atoms with Crippen molar-refractivity contribution in [3.8, 4) is 11.4 Å². The summed E-state index contributed by atoms with van der Waals surface area (Å²) in [4.78, 5) is 19.2. The summed E-state index contributed by atoms with van der Waals surface area (Å²) in [6, 6.07) is 12.2. The molecule has 4 rings (SSSR count). The Balaban J connectivity index is 1.61. The molecule has 1 saturated heterocycles. The second kappa shape index (κ2) is 8.76. The Morgan fingerprint density at radius 1 is 1.23 bits per heavy atom. The number of ether oxygens (including phenoxy) is 1. The molecule has 1 aromatic heterocycles. The van der Waals surface area contributed by atoms with E-state index >= 15 is 0 Å². The molecule has 1 amide bonds. The molecule has 1 fully saturated rings. The summed E-state index contributed by atoms with van der Waals surface area (Å²) in [5, 5.41) is 0. The first-order valence-corrected chi connectivity index (χ1v) is 10.4. The Bertz CT molecular complexity index is 1140. The van der Waals surface area contributed by atoms with Crippen molar-refractivity contribution in [2.45, 2.75) is 32.7 Å². The Labute approximate surface area is 181 Å². The topological polar surface area (TPSA) is 47.4 Å². The number of amides is 1. The molecule has 0 saturated carbocycles. The lowest BCUT2D eigenvalue weighted by molar-refractivity contribution is -0.130. The van der Waals surface area contributed by atoms with Gasteiger partial charge in [0.05, 0.1) is 30.9 Å². The third-order valence-electron chi connectivity index (χ3n) is 5.74. The molecule has 0 radical (unpaired) electrons. The summed E-state index contributed by atoms with van der Waals surface area (Å²) in [7, 11) is 1.63. The average Bonchev–Trinajstić information content (AvgIpc) is 3.21. The quantitative estimate of drug-likeness (QED) is 0.541. The number of piperidine rings is 1. The number of rotatable bonds is 5. The minimum Gasteiger partial charge on any atom is -0.495 e. The van der Waals surface area contributed by atoms with Crippen LogP contribution in [0.15, 0.2) is 60.6 Å². The van der Waals surface area contributed by atoms with E-state index in [4.69, 9.17) is 4.74 Å². The van der Waals surface area contributed by atoms with Crippen LogP contribution in [0.4, 0.5) is 4.39 Å². The van der Waals surface area contributed by atoms with Crippen molar-refractivity contribution in [1.29, 1.82) is 0 Å². The van der Waals surface area contributed by atoms with Gasteiger partial charge in [0.2, 0.25) is 5.91 Å². The largest absolute Gasteiger partial charge is 0.495 e. The number of imidazole rings is 1. The number of carbonyl (C=O) groups is 1. The lowest BCUT2D eigenvalue weighted by atomic mass is 9.97. The highest BCUT2D eigenvalue weighted by Crippen LogP contribution is 2.31. The zero-order chi connectivity index (χ0) is 22.0. The van der Waals surface area contributed by atoms with Crippen LogP contribution in [0.1, 0.15) is 42.6 Å². The Kier molecular flexibility index (Phi) is 5.89. The van der Waals surface area contributed by atoms with Crippen LogP contribution in [0.2, 0.25) is 0 Å². The van der Waals surface area contributed by atoms with Crippen LogP contribution in [0.25, 0.3) is 11.8 Å². The minimum atomic E-state index is -0.321. The monoisotopic (exact) mass is 419 g/mol. The predicted octanol–water partition coefficient (Wildman–Crippen LogP) is 5.10. The second-order valence-corrected chi connectivity index (χ2v) is 7.82. The maximum Gasteiger partial charge on any atom is 0.250 e. The molecule has 6 heteroatoms. The van der Waals surface area contributed by atoms with E-state index < -0.39 is 0 Å². The molecule has 1 unspecified atom stereocenters. The van der Waals surface area contributed by atoms with Gasteiger partial charge in [-0.15, -0.1) is 0 Å². The van der Waals surface area contributed by atoms with Crippen molar-refractivity contribution in [3.05, 3.63) is 83.2 Å². The molecule has 0 bridgehead atoms. The molecule has 3 aromatic rings. The van der Waals surface area contributed by atoms with Gasteiger partial charge in [0, 0.05) is 23.9 Å². The Morgan fingerprint density at radius 2 is 2.03 bits per heavy atom. The number of methoxy groups -OCH3 is 1. The van der Waals surface area contributed by atoms with Crippen molar-refractivity contribution in [3.63, 3.8) is 0 Å². The van der Waals surface area contributed by atoms with Gasteiger partial charge in [0.1, 0.15) is 11.6 Å². The van der Waals surface area contributed by atoms with Gasteiger partial charge >= 0.3 is 0 Å². The Hall–Kier alpha value is -3.41.